The van der Waals surface area contributed by atoms with Crippen LogP contribution in [0.1, 0.15) is 31.4 Å². The molecule has 0 bridgehead atoms. The minimum absolute atomic E-state index is 0.0136. The topological polar surface area (TPSA) is 41.9 Å². The fraction of sp³-hybridized carbons (Fsp3) is 0.625. The molecule has 1 fully saturated rings. The highest BCUT2D eigenvalue weighted by Gasteiger charge is 2.39. The first kappa shape index (κ1) is 13.9. The van der Waals surface area contributed by atoms with E-state index in [1.54, 1.807) is 7.11 Å². The molecule has 20 heavy (non-hydrogen) atoms. The molecule has 0 saturated carbocycles. The second-order valence-corrected chi connectivity index (χ2v) is 6.09. The van der Waals surface area contributed by atoms with E-state index in [1.807, 2.05) is 24.3 Å². The van der Waals surface area contributed by atoms with Gasteiger partial charge in [0.15, 0.2) is 0 Å². The zero-order chi connectivity index (χ0) is 14.2. The Balaban J connectivity index is 1.79. The number of rotatable bonds is 2. The van der Waals surface area contributed by atoms with Crippen molar-refractivity contribution in [3.63, 3.8) is 0 Å². The second kappa shape index (κ2) is 5.35. The number of fused-ring (bicyclic) bond motifs is 1. The zero-order valence-electron chi connectivity index (χ0n) is 12.2. The number of benzene rings is 1. The third kappa shape index (κ3) is 2.43. The van der Waals surface area contributed by atoms with Gasteiger partial charge in [0.05, 0.1) is 11.6 Å². The first-order valence-corrected chi connectivity index (χ1v) is 7.32. The third-order valence-corrected chi connectivity index (χ3v) is 4.66. The quantitative estimate of drug-likeness (QED) is 0.897. The van der Waals surface area contributed by atoms with E-state index in [-0.39, 0.29) is 11.6 Å². The fourth-order valence-corrected chi connectivity index (χ4v) is 3.33. The summed E-state index contributed by atoms with van der Waals surface area (Å²) in [6.07, 6.45) is 1.68. The third-order valence-electron chi connectivity index (χ3n) is 4.66. The number of para-hydroxylation sites is 1. The van der Waals surface area contributed by atoms with Crippen molar-refractivity contribution in [1.29, 1.82) is 0 Å². The number of hydrogen-bond donors (Lipinski definition) is 1. The predicted molar refractivity (Wildman–Crippen MR) is 76.9 cm³/mol. The Hall–Kier alpha value is -1.10. The molecule has 2 aliphatic rings. The summed E-state index contributed by atoms with van der Waals surface area (Å²) < 4.78 is 11.5. The molecule has 0 aliphatic carbocycles. The number of methoxy groups -OCH3 is 1. The van der Waals surface area contributed by atoms with Crippen molar-refractivity contribution in [2.75, 3.05) is 26.8 Å². The summed E-state index contributed by atoms with van der Waals surface area (Å²) in [5, 5.41) is 10.7. The van der Waals surface area contributed by atoms with Crippen LogP contribution in [0.25, 0.3) is 0 Å². The normalized spacial score (nSPS) is 34.4. The largest absolute Gasteiger partial charge is 0.491 e. The van der Waals surface area contributed by atoms with Crippen molar-refractivity contribution < 1.29 is 14.6 Å². The minimum Gasteiger partial charge on any atom is -0.491 e. The molecule has 2 heterocycles. The van der Waals surface area contributed by atoms with Gasteiger partial charge < -0.3 is 14.6 Å². The van der Waals surface area contributed by atoms with Gasteiger partial charge in [-0.25, -0.2) is 0 Å². The lowest BCUT2D eigenvalue weighted by Gasteiger charge is -2.45. The second-order valence-electron chi connectivity index (χ2n) is 6.09. The summed E-state index contributed by atoms with van der Waals surface area (Å²) in [5.41, 5.74) is 0.781. The van der Waals surface area contributed by atoms with Crippen LogP contribution in [0.15, 0.2) is 24.3 Å². The van der Waals surface area contributed by atoms with Crippen LogP contribution < -0.4 is 4.74 Å². The number of nitrogens with zero attached hydrogens (tertiary/aromatic N) is 1. The molecule has 4 heteroatoms. The van der Waals surface area contributed by atoms with E-state index in [2.05, 4.69) is 11.8 Å². The van der Waals surface area contributed by atoms with Gasteiger partial charge in [-0.05, 0) is 32.4 Å². The average molecular weight is 277 g/mol. The molecule has 1 N–H and O–H groups in total. The maximum absolute atomic E-state index is 10.7. The predicted octanol–water partition coefficient (Wildman–Crippen LogP) is 1.98. The van der Waals surface area contributed by atoms with Crippen LogP contribution in [0.4, 0.5) is 0 Å². The summed E-state index contributed by atoms with van der Waals surface area (Å²) in [4.78, 5) is 2.31. The van der Waals surface area contributed by atoms with Crippen LogP contribution >= 0.6 is 0 Å². The molecule has 0 spiro atoms. The van der Waals surface area contributed by atoms with Gasteiger partial charge in [-0.3, -0.25) is 4.90 Å². The van der Waals surface area contributed by atoms with Crippen LogP contribution in [-0.2, 0) is 4.74 Å². The van der Waals surface area contributed by atoms with Gasteiger partial charge in [0.25, 0.3) is 0 Å². The summed E-state index contributed by atoms with van der Waals surface area (Å²) >= 11 is 0. The smallest absolute Gasteiger partial charge is 0.125 e. The van der Waals surface area contributed by atoms with E-state index < -0.39 is 6.10 Å². The van der Waals surface area contributed by atoms with Crippen molar-refractivity contribution in [3.8, 4) is 5.75 Å². The highest BCUT2D eigenvalue weighted by atomic mass is 16.5. The molecule has 0 amide bonds. The lowest BCUT2D eigenvalue weighted by Crippen LogP contribution is -2.55. The Morgan fingerprint density at radius 3 is 3.00 bits per heavy atom. The number of hydrogen-bond acceptors (Lipinski definition) is 4. The monoisotopic (exact) mass is 277 g/mol. The van der Waals surface area contributed by atoms with E-state index in [0.717, 1.165) is 37.2 Å². The van der Waals surface area contributed by atoms with Gasteiger partial charge in [-0.2, -0.15) is 0 Å². The van der Waals surface area contributed by atoms with Crippen molar-refractivity contribution in [1.82, 2.24) is 4.90 Å². The van der Waals surface area contributed by atoms with Crippen LogP contribution in [0.2, 0.25) is 0 Å². The van der Waals surface area contributed by atoms with Gasteiger partial charge in [0.1, 0.15) is 18.5 Å². The van der Waals surface area contributed by atoms with Crippen LogP contribution in [0.3, 0.4) is 0 Å². The maximum Gasteiger partial charge on any atom is 0.125 e. The van der Waals surface area contributed by atoms with Crippen molar-refractivity contribution >= 4 is 0 Å². The molecule has 4 nitrogen and oxygen atoms in total. The van der Waals surface area contributed by atoms with Gasteiger partial charge in [-0.15, -0.1) is 0 Å². The Bertz CT molecular complexity index is 479. The SMILES string of the molecule is COC1(C)CCCN(C2COc3ccccc3C2O)C1. The van der Waals surface area contributed by atoms with Gasteiger partial charge >= 0.3 is 0 Å². The molecule has 1 aromatic carbocycles. The van der Waals surface area contributed by atoms with E-state index in [9.17, 15) is 5.11 Å². The fourth-order valence-electron chi connectivity index (χ4n) is 3.33. The maximum atomic E-state index is 10.7. The Morgan fingerprint density at radius 2 is 2.20 bits per heavy atom. The number of likely N-dealkylation sites (tertiary alicyclic amines) is 1. The van der Waals surface area contributed by atoms with E-state index in [0.29, 0.717) is 6.61 Å². The molecule has 1 saturated heterocycles. The van der Waals surface area contributed by atoms with Crippen LogP contribution in [0, 0.1) is 0 Å². The first-order chi connectivity index (χ1) is 9.63. The summed E-state index contributed by atoms with van der Waals surface area (Å²) in [6.45, 7) is 4.52. The van der Waals surface area contributed by atoms with Crippen molar-refractivity contribution in [2.45, 2.75) is 37.5 Å². The number of aliphatic hydroxyl groups excluding tert-OH is 1. The van der Waals surface area contributed by atoms with Gasteiger partial charge in [0.2, 0.25) is 0 Å². The van der Waals surface area contributed by atoms with Crippen LogP contribution in [-0.4, -0.2) is 48.5 Å². The zero-order valence-corrected chi connectivity index (χ0v) is 12.2. The Morgan fingerprint density at radius 1 is 1.40 bits per heavy atom. The molecule has 0 radical (unpaired) electrons. The first-order valence-electron chi connectivity index (χ1n) is 7.32. The highest BCUT2D eigenvalue weighted by molar-refractivity contribution is 5.37. The van der Waals surface area contributed by atoms with E-state index >= 15 is 0 Å². The molecule has 3 unspecified atom stereocenters. The Labute approximate surface area is 120 Å². The van der Waals surface area contributed by atoms with E-state index in [4.69, 9.17) is 9.47 Å². The lowest BCUT2D eigenvalue weighted by atomic mass is 9.90. The van der Waals surface area contributed by atoms with Gasteiger partial charge in [-0.1, -0.05) is 18.2 Å². The summed E-state index contributed by atoms with van der Waals surface area (Å²) in [5.74, 6) is 0.808. The lowest BCUT2D eigenvalue weighted by molar-refractivity contribution is -0.0876. The number of piperidine rings is 1. The Kier molecular flexibility index (Phi) is 3.71. The molecule has 3 atom stereocenters. The molecule has 0 aromatic heterocycles. The van der Waals surface area contributed by atoms with Crippen molar-refractivity contribution in [2.24, 2.45) is 0 Å². The molecular formula is C16H23NO3. The number of ether oxygens (including phenoxy) is 2. The molecule has 1 aromatic rings. The molecule has 2 aliphatic heterocycles. The number of aliphatic hydroxyl groups is 1. The molecular weight excluding hydrogens is 254 g/mol. The molecule has 3 rings (SSSR count). The molecule has 110 valence electrons. The standard InChI is InChI=1S/C16H23NO3/c1-16(19-2)8-5-9-17(11-16)13-10-20-14-7-4-3-6-12(14)15(13)18/h3-4,6-7,13,15,18H,5,8-11H2,1-2H3. The van der Waals surface area contributed by atoms with Gasteiger partial charge in [0, 0.05) is 19.2 Å². The van der Waals surface area contributed by atoms with E-state index in [1.165, 1.54) is 0 Å². The van der Waals surface area contributed by atoms with Crippen LogP contribution in [0.5, 0.6) is 5.75 Å². The highest BCUT2D eigenvalue weighted by Crippen LogP contribution is 2.36. The average Bonchev–Trinajstić information content (AvgIpc) is 2.48. The minimum atomic E-state index is -0.487. The van der Waals surface area contributed by atoms with Crippen molar-refractivity contribution in [3.05, 3.63) is 29.8 Å². The summed E-state index contributed by atoms with van der Waals surface area (Å²) in [6, 6.07) is 7.77. The summed E-state index contributed by atoms with van der Waals surface area (Å²) in [7, 11) is 1.77.